The summed E-state index contributed by atoms with van der Waals surface area (Å²) in [4.78, 5) is 12.6. The number of nitrogens with zero attached hydrogens (tertiary/aromatic N) is 1. The third-order valence-corrected chi connectivity index (χ3v) is 4.50. The predicted molar refractivity (Wildman–Crippen MR) is 101 cm³/mol. The number of hydrogen-bond donors (Lipinski definition) is 1. The lowest BCUT2D eigenvalue weighted by Gasteiger charge is -2.11. The van der Waals surface area contributed by atoms with Gasteiger partial charge < -0.3 is 14.6 Å². The number of anilines is 1. The minimum absolute atomic E-state index is 0.0821. The van der Waals surface area contributed by atoms with Gasteiger partial charge in [-0.3, -0.25) is 4.79 Å². The molecule has 0 radical (unpaired) electrons. The van der Waals surface area contributed by atoms with Crippen LogP contribution < -0.4 is 10.1 Å². The van der Waals surface area contributed by atoms with Crippen molar-refractivity contribution in [2.45, 2.75) is 34.3 Å². The first-order valence-corrected chi connectivity index (χ1v) is 8.58. The fourth-order valence-electron chi connectivity index (χ4n) is 2.69. The van der Waals surface area contributed by atoms with E-state index >= 15 is 0 Å². The average molecular weight is 368 g/mol. The van der Waals surface area contributed by atoms with E-state index in [0.717, 1.165) is 22.4 Å². The van der Waals surface area contributed by atoms with Crippen LogP contribution in [0.4, 0.5) is 10.1 Å². The molecule has 3 rings (SSSR count). The molecule has 0 aliphatic heterocycles. The molecule has 2 aromatic carbocycles. The van der Waals surface area contributed by atoms with E-state index in [-0.39, 0.29) is 18.0 Å². The van der Waals surface area contributed by atoms with E-state index in [0.29, 0.717) is 11.3 Å². The first-order valence-electron chi connectivity index (χ1n) is 8.58. The topological polar surface area (TPSA) is 64.4 Å². The van der Waals surface area contributed by atoms with Gasteiger partial charge in [-0.05, 0) is 62.6 Å². The van der Waals surface area contributed by atoms with E-state index in [4.69, 9.17) is 9.26 Å². The van der Waals surface area contributed by atoms with Crippen LogP contribution in [0.15, 0.2) is 40.9 Å². The van der Waals surface area contributed by atoms with Crippen LogP contribution in [-0.4, -0.2) is 11.1 Å². The summed E-state index contributed by atoms with van der Waals surface area (Å²) >= 11 is 0. The Hall–Kier alpha value is -3.15. The molecular weight excluding hydrogens is 347 g/mol. The molecule has 0 aliphatic rings. The van der Waals surface area contributed by atoms with E-state index in [2.05, 4.69) is 10.5 Å². The van der Waals surface area contributed by atoms with Gasteiger partial charge in [-0.15, -0.1) is 0 Å². The van der Waals surface area contributed by atoms with Gasteiger partial charge in [0.25, 0.3) is 5.91 Å². The number of benzene rings is 2. The Morgan fingerprint density at radius 1 is 1.19 bits per heavy atom. The summed E-state index contributed by atoms with van der Waals surface area (Å²) in [6, 6.07) is 10.3. The quantitative estimate of drug-likeness (QED) is 0.697. The maximum atomic E-state index is 13.9. The van der Waals surface area contributed by atoms with Crippen molar-refractivity contribution in [1.82, 2.24) is 5.16 Å². The Morgan fingerprint density at radius 3 is 2.74 bits per heavy atom. The van der Waals surface area contributed by atoms with Gasteiger partial charge in [-0.2, -0.15) is 0 Å². The number of aromatic nitrogens is 1. The monoisotopic (exact) mass is 368 g/mol. The maximum absolute atomic E-state index is 13.9. The van der Waals surface area contributed by atoms with E-state index in [1.54, 1.807) is 19.1 Å². The van der Waals surface area contributed by atoms with Crippen LogP contribution in [-0.2, 0) is 6.61 Å². The zero-order valence-electron chi connectivity index (χ0n) is 15.7. The van der Waals surface area contributed by atoms with Crippen LogP contribution >= 0.6 is 0 Å². The van der Waals surface area contributed by atoms with Crippen LogP contribution in [0.1, 0.15) is 38.5 Å². The Bertz CT molecular complexity index is 995. The molecule has 0 saturated carbocycles. The molecule has 0 spiro atoms. The molecule has 1 amide bonds. The molecular formula is C21H21FN2O3. The highest BCUT2D eigenvalue weighted by molar-refractivity contribution is 6.04. The third kappa shape index (κ3) is 4.00. The highest BCUT2D eigenvalue weighted by Crippen LogP contribution is 2.24. The van der Waals surface area contributed by atoms with Crippen molar-refractivity contribution in [1.29, 1.82) is 0 Å². The molecule has 0 atom stereocenters. The molecule has 1 aromatic heterocycles. The predicted octanol–water partition coefficient (Wildman–Crippen LogP) is 4.88. The van der Waals surface area contributed by atoms with E-state index in [1.165, 1.54) is 6.07 Å². The van der Waals surface area contributed by atoms with Crippen molar-refractivity contribution in [3.63, 3.8) is 0 Å². The van der Waals surface area contributed by atoms with Crippen molar-refractivity contribution in [3.8, 4) is 5.75 Å². The Balaban J connectivity index is 1.80. The number of nitrogens with one attached hydrogen (secondary N) is 1. The second kappa shape index (κ2) is 7.61. The van der Waals surface area contributed by atoms with Gasteiger partial charge in [0.15, 0.2) is 5.69 Å². The van der Waals surface area contributed by atoms with E-state index in [9.17, 15) is 9.18 Å². The fourth-order valence-corrected chi connectivity index (χ4v) is 2.69. The zero-order chi connectivity index (χ0) is 19.6. The molecule has 0 fully saturated rings. The third-order valence-electron chi connectivity index (χ3n) is 4.50. The number of halogens is 1. The van der Waals surface area contributed by atoms with E-state index < -0.39 is 11.7 Å². The van der Waals surface area contributed by atoms with Crippen molar-refractivity contribution in [3.05, 3.63) is 75.9 Å². The van der Waals surface area contributed by atoms with Crippen molar-refractivity contribution >= 4 is 11.6 Å². The largest absolute Gasteiger partial charge is 0.488 e. The van der Waals surface area contributed by atoms with Crippen LogP contribution in [0.5, 0.6) is 5.75 Å². The molecule has 5 nitrogen and oxygen atoms in total. The van der Waals surface area contributed by atoms with Gasteiger partial charge in [0.1, 0.15) is 23.9 Å². The summed E-state index contributed by atoms with van der Waals surface area (Å²) in [6.45, 7) is 7.62. The van der Waals surface area contributed by atoms with Gasteiger partial charge >= 0.3 is 0 Å². The minimum atomic E-state index is -0.545. The summed E-state index contributed by atoms with van der Waals surface area (Å²) < 4.78 is 25.0. The summed E-state index contributed by atoms with van der Waals surface area (Å²) in [5, 5.41) is 6.37. The lowest BCUT2D eigenvalue weighted by atomic mass is 10.1. The number of carbonyl (C=O) groups is 1. The van der Waals surface area contributed by atoms with Gasteiger partial charge in [0.05, 0.1) is 11.3 Å². The normalized spacial score (nSPS) is 10.7. The SMILES string of the molecule is Cc1ccc(F)c(NC(=O)c2noc(C)c2COc2cccc(C)c2C)c1. The number of aryl methyl sites for hydroxylation is 3. The van der Waals surface area contributed by atoms with Crippen molar-refractivity contribution in [2.24, 2.45) is 0 Å². The molecule has 0 unspecified atom stereocenters. The highest BCUT2D eigenvalue weighted by atomic mass is 19.1. The second-order valence-electron chi connectivity index (χ2n) is 6.49. The first kappa shape index (κ1) is 18.6. The summed E-state index contributed by atoms with van der Waals surface area (Å²) in [6.07, 6.45) is 0. The van der Waals surface area contributed by atoms with Crippen molar-refractivity contribution < 1.29 is 18.4 Å². The van der Waals surface area contributed by atoms with Crippen molar-refractivity contribution in [2.75, 3.05) is 5.32 Å². The molecule has 1 heterocycles. The highest BCUT2D eigenvalue weighted by Gasteiger charge is 2.21. The average Bonchev–Trinajstić information content (AvgIpc) is 3.00. The smallest absolute Gasteiger partial charge is 0.278 e. The summed E-state index contributed by atoms with van der Waals surface area (Å²) in [5.74, 6) is 0.153. The molecule has 140 valence electrons. The van der Waals surface area contributed by atoms with Crippen LogP contribution in [0.2, 0.25) is 0 Å². The molecule has 1 N–H and O–H groups in total. The maximum Gasteiger partial charge on any atom is 0.278 e. The molecule has 6 heteroatoms. The van der Waals surface area contributed by atoms with Crippen LogP contribution in [0.25, 0.3) is 0 Å². The van der Waals surface area contributed by atoms with Gasteiger partial charge in [0, 0.05) is 0 Å². The lowest BCUT2D eigenvalue weighted by Crippen LogP contribution is -2.16. The molecule has 27 heavy (non-hydrogen) atoms. The number of amides is 1. The summed E-state index contributed by atoms with van der Waals surface area (Å²) in [5.41, 5.74) is 3.69. The number of hydrogen-bond acceptors (Lipinski definition) is 4. The summed E-state index contributed by atoms with van der Waals surface area (Å²) in [7, 11) is 0. The van der Waals surface area contributed by atoms with Crippen LogP contribution in [0, 0.1) is 33.5 Å². The zero-order valence-corrected chi connectivity index (χ0v) is 15.7. The van der Waals surface area contributed by atoms with Gasteiger partial charge in [-0.25, -0.2) is 4.39 Å². The number of ether oxygens (including phenoxy) is 1. The van der Waals surface area contributed by atoms with Crippen LogP contribution in [0.3, 0.4) is 0 Å². The van der Waals surface area contributed by atoms with Gasteiger partial charge in [-0.1, -0.05) is 23.4 Å². The molecule has 3 aromatic rings. The second-order valence-corrected chi connectivity index (χ2v) is 6.49. The van der Waals surface area contributed by atoms with Gasteiger partial charge in [0.2, 0.25) is 0 Å². The Morgan fingerprint density at radius 2 is 1.96 bits per heavy atom. The Labute approximate surface area is 157 Å². The molecule has 0 bridgehead atoms. The molecule has 0 saturated heterocycles. The number of rotatable bonds is 5. The van der Waals surface area contributed by atoms with E-state index in [1.807, 2.05) is 39.0 Å². The molecule has 0 aliphatic carbocycles. The Kier molecular flexibility index (Phi) is 5.26. The number of carbonyl (C=O) groups excluding carboxylic acids is 1. The first-order chi connectivity index (χ1) is 12.9. The standard InChI is InChI=1S/C21H21FN2O3/c1-12-8-9-17(22)18(10-12)23-21(25)20-16(15(4)27-24-20)11-26-19-7-5-6-13(2)14(19)3/h5-10H,11H2,1-4H3,(H,23,25). The fraction of sp³-hybridized carbons (Fsp3) is 0.238. The minimum Gasteiger partial charge on any atom is -0.488 e. The lowest BCUT2D eigenvalue weighted by molar-refractivity contribution is 0.101.